The van der Waals surface area contributed by atoms with Crippen LogP contribution >= 0.6 is 11.6 Å². The molecule has 7 nitrogen and oxygen atoms in total. The third-order valence-electron chi connectivity index (χ3n) is 3.90. The molecule has 0 radical (unpaired) electrons. The van der Waals surface area contributed by atoms with Crippen molar-refractivity contribution in [3.05, 3.63) is 52.7 Å². The Hall–Kier alpha value is -2.74. The van der Waals surface area contributed by atoms with Crippen molar-refractivity contribution >= 4 is 29.3 Å². The standard InChI is InChI=1S/C18H20ClFN4O3/c1-11(17(26)27)3-2-8-21-15-14(10-23-18(19)24-15)16(25)22-9-12-4-6-13(20)7-5-12/h4-7,10-11H,2-3,8-9H2,1H3,(H,22,25)(H,26,27)(H,21,23,24)/t11-/m0/s1. The van der Waals surface area contributed by atoms with E-state index in [1.54, 1.807) is 19.1 Å². The fourth-order valence-corrected chi connectivity index (χ4v) is 2.41. The zero-order chi connectivity index (χ0) is 19.8. The van der Waals surface area contributed by atoms with Crippen molar-refractivity contribution in [1.82, 2.24) is 15.3 Å². The first-order valence-electron chi connectivity index (χ1n) is 8.38. The number of aromatic nitrogens is 2. The van der Waals surface area contributed by atoms with E-state index in [-0.39, 0.29) is 29.0 Å². The number of nitrogens with zero attached hydrogens (tertiary/aromatic N) is 2. The fourth-order valence-electron chi connectivity index (χ4n) is 2.28. The Morgan fingerprint density at radius 3 is 2.67 bits per heavy atom. The molecule has 0 aliphatic rings. The highest BCUT2D eigenvalue weighted by molar-refractivity contribution is 6.28. The number of carbonyl (C=O) groups is 2. The minimum atomic E-state index is -0.846. The van der Waals surface area contributed by atoms with Crippen LogP contribution in [0.5, 0.6) is 0 Å². The molecular formula is C18H20ClFN4O3. The molecule has 0 fully saturated rings. The number of amides is 1. The van der Waals surface area contributed by atoms with Gasteiger partial charge in [0.15, 0.2) is 0 Å². The summed E-state index contributed by atoms with van der Waals surface area (Å²) in [7, 11) is 0. The summed E-state index contributed by atoms with van der Waals surface area (Å²) in [4.78, 5) is 31.1. The molecule has 0 unspecified atom stereocenters. The van der Waals surface area contributed by atoms with Gasteiger partial charge in [-0.3, -0.25) is 9.59 Å². The molecule has 0 bridgehead atoms. The number of benzene rings is 1. The molecule has 3 N–H and O–H groups in total. The third-order valence-corrected chi connectivity index (χ3v) is 4.08. The van der Waals surface area contributed by atoms with Gasteiger partial charge >= 0.3 is 5.97 Å². The Balaban J connectivity index is 1.95. The number of rotatable bonds is 9. The molecule has 1 aromatic carbocycles. The van der Waals surface area contributed by atoms with Crippen LogP contribution in [0.4, 0.5) is 10.2 Å². The van der Waals surface area contributed by atoms with Crippen molar-refractivity contribution in [2.24, 2.45) is 5.92 Å². The monoisotopic (exact) mass is 394 g/mol. The van der Waals surface area contributed by atoms with Crippen molar-refractivity contribution in [1.29, 1.82) is 0 Å². The Kier molecular flexibility index (Phi) is 7.48. The normalized spacial score (nSPS) is 11.7. The molecular weight excluding hydrogens is 375 g/mol. The molecule has 2 aromatic rings. The maximum atomic E-state index is 12.9. The van der Waals surface area contributed by atoms with Crippen LogP contribution in [-0.2, 0) is 11.3 Å². The van der Waals surface area contributed by atoms with Gasteiger partial charge in [0.05, 0.1) is 5.92 Å². The van der Waals surface area contributed by atoms with Gasteiger partial charge in [-0.2, -0.15) is 4.98 Å². The second kappa shape index (κ2) is 9.82. The average molecular weight is 395 g/mol. The SMILES string of the molecule is C[C@@H](CCCNc1nc(Cl)ncc1C(=O)NCc1ccc(F)cc1)C(=O)O. The van der Waals surface area contributed by atoms with Gasteiger partial charge in [-0.05, 0) is 42.1 Å². The van der Waals surface area contributed by atoms with E-state index in [1.165, 1.54) is 18.3 Å². The van der Waals surface area contributed by atoms with E-state index >= 15 is 0 Å². The van der Waals surface area contributed by atoms with Gasteiger partial charge in [0, 0.05) is 19.3 Å². The first-order chi connectivity index (χ1) is 12.9. The van der Waals surface area contributed by atoms with Crippen LogP contribution in [0.3, 0.4) is 0 Å². The highest BCUT2D eigenvalue weighted by Crippen LogP contribution is 2.15. The van der Waals surface area contributed by atoms with E-state index in [1.807, 2.05) is 0 Å². The van der Waals surface area contributed by atoms with Gasteiger partial charge in [0.2, 0.25) is 5.28 Å². The molecule has 1 amide bonds. The predicted molar refractivity (Wildman–Crippen MR) is 99.1 cm³/mol. The van der Waals surface area contributed by atoms with Gasteiger partial charge in [-0.1, -0.05) is 19.1 Å². The minimum absolute atomic E-state index is 0.00788. The fraction of sp³-hybridized carbons (Fsp3) is 0.333. The molecule has 9 heteroatoms. The van der Waals surface area contributed by atoms with Crippen molar-refractivity contribution in [3.63, 3.8) is 0 Å². The predicted octanol–water partition coefficient (Wildman–Crippen LogP) is 3.11. The lowest BCUT2D eigenvalue weighted by Crippen LogP contribution is -2.25. The second-order valence-electron chi connectivity index (χ2n) is 6.02. The molecule has 27 heavy (non-hydrogen) atoms. The van der Waals surface area contributed by atoms with E-state index in [0.717, 1.165) is 5.56 Å². The number of hydrogen-bond acceptors (Lipinski definition) is 5. The van der Waals surface area contributed by atoms with E-state index in [0.29, 0.717) is 19.4 Å². The maximum absolute atomic E-state index is 12.9. The summed E-state index contributed by atoms with van der Waals surface area (Å²) in [6, 6.07) is 5.80. The minimum Gasteiger partial charge on any atom is -0.481 e. The first-order valence-corrected chi connectivity index (χ1v) is 8.76. The summed E-state index contributed by atoms with van der Waals surface area (Å²) in [5.41, 5.74) is 0.963. The summed E-state index contributed by atoms with van der Waals surface area (Å²) in [6.07, 6.45) is 2.40. The Labute approximate surface area is 161 Å². The van der Waals surface area contributed by atoms with E-state index in [4.69, 9.17) is 16.7 Å². The lowest BCUT2D eigenvalue weighted by atomic mass is 10.1. The Morgan fingerprint density at radius 1 is 1.30 bits per heavy atom. The summed E-state index contributed by atoms with van der Waals surface area (Å²) < 4.78 is 12.9. The van der Waals surface area contributed by atoms with E-state index in [2.05, 4.69) is 20.6 Å². The van der Waals surface area contributed by atoms with Crippen LogP contribution in [-0.4, -0.2) is 33.5 Å². The maximum Gasteiger partial charge on any atom is 0.306 e. The lowest BCUT2D eigenvalue weighted by Gasteiger charge is -2.12. The van der Waals surface area contributed by atoms with Crippen LogP contribution in [0, 0.1) is 11.7 Å². The third kappa shape index (κ3) is 6.49. The van der Waals surface area contributed by atoms with Crippen LogP contribution in [0.1, 0.15) is 35.7 Å². The second-order valence-corrected chi connectivity index (χ2v) is 6.36. The van der Waals surface area contributed by atoms with Gasteiger partial charge in [0.25, 0.3) is 5.91 Å². The molecule has 1 atom stereocenters. The van der Waals surface area contributed by atoms with Gasteiger partial charge in [0.1, 0.15) is 17.2 Å². The quantitative estimate of drug-likeness (QED) is 0.446. The number of aliphatic carboxylic acids is 1. The van der Waals surface area contributed by atoms with Gasteiger partial charge < -0.3 is 15.7 Å². The number of carboxylic acids is 1. The van der Waals surface area contributed by atoms with Crippen LogP contribution < -0.4 is 10.6 Å². The lowest BCUT2D eigenvalue weighted by molar-refractivity contribution is -0.141. The molecule has 2 rings (SSSR count). The van der Waals surface area contributed by atoms with Crippen molar-refractivity contribution in [3.8, 4) is 0 Å². The van der Waals surface area contributed by atoms with Crippen molar-refractivity contribution < 1.29 is 19.1 Å². The molecule has 0 saturated heterocycles. The van der Waals surface area contributed by atoms with Crippen LogP contribution in [0.25, 0.3) is 0 Å². The summed E-state index contributed by atoms with van der Waals surface area (Å²) in [5.74, 6) is -1.77. The molecule has 1 aromatic heterocycles. The molecule has 0 saturated carbocycles. The average Bonchev–Trinajstić information content (AvgIpc) is 2.64. The Bertz CT molecular complexity index is 802. The zero-order valence-electron chi connectivity index (χ0n) is 14.7. The number of nitrogens with one attached hydrogen (secondary N) is 2. The summed E-state index contributed by atoms with van der Waals surface area (Å²) >= 11 is 5.81. The largest absolute Gasteiger partial charge is 0.481 e. The number of halogens is 2. The Morgan fingerprint density at radius 2 is 2.00 bits per heavy atom. The first kappa shape index (κ1) is 20.6. The smallest absolute Gasteiger partial charge is 0.306 e. The summed E-state index contributed by atoms with van der Waals surface area (Å²) in [5, 5.41) is 14.6. The summed E-state index contributed by atoms with van der Waals surface area (Å²) in [6.45, 7) is 2.29. The van der Waals surface area contributed by atoms with E-state index in [9.17, 15) is 14.0 Å². The molecule has 144 valence electrons. The highest BCUT2D eigenvalue weighted by atomic mass is 35.5. The van der Waals surface area contributed by atoms with E-state index < -0.39 is 17.8 Å². The number of hydrogen-bond donors (Lipinski definition) is 3. The van der Waals surface area contributed by atoms with Gasteiger partial charge in [-0.25, -0.2) is 9.37 Å². The van der Waals surface area contributed by atoms with Crippen molar-refractivity contribution in [2.45, 2.75) is 26.3 Å². The molecule has 0 spiro atoms. The van der Waals surface area contributed by atoms with Crippen LogP contribution in [0.2, 0.25) is 5.28 Å². The molecule has 0 aliphatic carbocycles. The van der Waals surface area contributed by atoms with Gasteiger partial charge in [-0.15, -0.1) is 0 Å². The molecule has 1 heterocycles. The number of carboxylic acid groups (broad SMARTS) is 1. The molecule has 0 aliphatic heterocycles. The topological polar surface area (TPSA) is 104 Å². The zero-order valence-corrected chi connectivity index (χ0v) is 15.5. The van der Waals surface area contributed by atoms with Crippen molar-refractivity contribution in [2.75, 3.05) is 11.9 Å². The number of carbonyl (C=O) groups excluding carboxylic acids is 1. The number of anilines is 1. The highest BCUT2D eigenvalue weighted by Gasteiger charge is 2.15. The van der Waals surface area contributed by atoms with Crippen LogP contribution in [0.15, 0.2) is 30.5 Å².